The third-order valence-corrected chi connectivity index (χ3v) is 3.72. The summed E-state index contributed by atoms with van der Waals surface area (Å²) in [6.45, 7) is 0. The number of rotatable bonds is 3. The first kappa shape index (κ1) is 13.5. The summed E-state index contributed by atoms with van der Waals surface area (Å²) >= 11 is 0. The van der Waals surface area contributed by atoms with E-state index in [9.17, 15) is 0 Å². The molecule has 2 aromatic heterocycles. The minimum absolute atomic E-state index is 0.712. The summed E-state index contributed by atoms with van der Waals surface area (Å²) < 4.78 is 11.4. The van der Waals surface area contributed by atoms with Gasteiger partial charge < -0.3 is 9.15 Å². The summed E-state index contributed by atoms with van der Waals surface area (Å²) in [4.78, 5) is 8.59. The molecule has 4 rings (SSSR count). The summed E-state index contributed by atoms with van der Waals surface area (Å²) in [5, 5.41) is 2.10. The number of hydrogen-bond acceptors (Lipinski definition) is 4. The first-order valence-electron chi connectivity index (χ1n) is 7.28. The zero-order chi connectivity index (χ0) is 15.6. The number of aliphatic imine (C=N–C) groups is 1. The number of fused-ring (bicyclic) bond motifs is 3. The number of para-hydroxylation sites is 1. The van der Waals surface area contributed by atoms with E-state index in [1.807, 2.05) is 48.5 Å². The lowest BCUT2D eigenvalue weighted by Crippen LogP contribution is -1.85. The molecular weight excluding hydrogens is 288 g/mol. The predicted octanol–water partition coefficient (Wildman–Crippen LogP) is 4.74. The van der Waals surface area contributed by atoms with E-state index in [1.165, 1.54) is 0 Å². The molecule has 4 nitrogen and oxygen atoms in total. The molecule has 0 radical (unpaired) electrons. The molecular formula is C19H14N2O2. The average Bonchev–Trinajstić information content (AvgIpc) is 2.97. The van der Waals surface area contributed by atoms with Gasteiger partial charge in [0, 0.05) is 41.0 Å². The lowest BCUT2D eigenvalue weighted by molar-refractivity contribution is 0.416. The minimum Gasteiger partial charge on any atom is -0.494 e. The molecule has 0 fully saturated rings. The standard InChI is InChI=1S/C19H14N2O2/c1-22-19-9-15-14-6-2-3-7-17(14)23-18(15)10-16(19)21-12-13-5-4-8-20-11-13/h2-12H,1H3. The molecule has 0 aliphatic rings. The van der Waals surface area contributed by atoms with Gasteiger partial charge >= 0.3 is 0 Å². The van der Waals surface area contributed by atoms with E-state index >= 15 is 0 Å². The van der Waals surface area contributed by atoms with Crippen LogP contribution in [0.4, 0.5) is 5.69 Å². The number of furan rings is 1. The number of benzene rings is 2. The number of nitrogens with zero attached hydrogens (tertiary/aromatic N) is 2. The van der Waals surface area contributed by atoms with E-state index < -0.39 is 0 Å². The van der Waals surface area contributed by atoms with Gasteiger partial charge in [-0.05, 0) is 18.2 Å². The van der Waals surface area contributed by atoms with Crippen molar-refractivity contribution in [3.8, 4) is 5.75 Å². The molecule has 4 heteroatoms. The smallest absolute Gasteiger partial charge is 0.145 e. The topological polar surface area (TPSA) is 47.6 Å². The van der Waals surface area contributed by atoms with Crippen LogP contribution in [0.5, 0.6) is 5.75 Å². The maximum Gasteiger partial charge on any atom is 0.145 e. The molecule has 0 amide bonds. The summed E-state index contributed by atoms with van der Waals surface area (Å²) in [6, 6.07) is 15.7. The van der Waals surface area contributed by atoms with Crippen molar-refractivity contribution < 1.29 is 9.15 Å². The van der Waals surface area contributed by atoms with Gasteiger partial charge in [-0.15, -0.1) is 0 Å². The van der Waals surface area contributed by atoms with Crippen molar-refractivity contribution in [2.24, 2.45) is 4.99 Å². The van der Waals surface area contributed by atoms with Gasteiger partial charge in [0.25, 0.3) is 0 Å². The van der Waals surface area contributed by atoms with Crippen molar-refractivity contribution in [3.63, 3.8) is 0 Å². The number of methoxy groups -OCH3 is 1. The molecule has 0 N–H and O–H groups in total. The summed E-state index contributed by atoms with van der Waals surface area (Å²) in [5.41, 5.74) is 3.31. The maximum absolute atomic E-state index is 5.90. The highest BCUT2D eigenvalue weighted by Gasteiger charge is 2.11. The largest absolute Gasteiger partial charge is 0.494 e. The molecule has 23 heavy (non-hydrogen) atoms. The van der Waals surface area contributed by atoms with Gasteiger partial charge in [-0.1, -0.05) is 24.3 Å². The Labute approximate surface area is 133 Å². The van der Waals surface area contributed by atoms with Gasteiger partial charge in [-0.2, -0.15) is 0 Å². The average molecular weight is 302 g/mol. The van der Waals surface area contributed by atoms with Gasteiger partial charge in [0.15, 0.2) is 0 Å². The van der Waals surface area contributed by atoms with Crippen LogP contribution >= 0.6 is 0 Å². The molecule has 4 aromatic rings. The molecule has 0 spiro atoms. The Bertz CT molecular complexity index is 1000. The van der Waals surface area contributed by atoms with E-state index in [0.29, 0.717) is 5.75 Å². The fraction of sp³-hybridized carbons (Fsp3) is 0.0526. The summed E-state index contributed by atoms with van der Waals surface area (Å²) in [5.74, 6) is 0.712. The number of pyridine rings is 1. The minimum atomic E-state index is 0.712. The van der Waals surface area contributed by atoms with Gasteiger partial charge in [-0.25, -0.2) is 0 Å². The zero-order valence-corrected chi connectivity index (χ0v) is 12.6. The molecule has 0 bridgehead atoms. The predicted molar refractivity (Wildman–Crippen MR) is 91.8 cm³/mol. The first-order chi connectivity index (χ1) is 11.3. The van der Waals surface area contributed by atoms with Crippen molar-refractivity contribution in [2.45, 2.75) is 0 Å². The van der Waals surface area contributed by atoms with E-state index in [2.05, 4.69) is 9.98 Å². The Morgan fingerprint density at radius 3 is 2.78 bits per heavy atom. The molecule has 0 atom stereocenters. The molecule has 2 aromatic carbocycles. The van der Waals surface area contributed by atoms with Crippen LogP contribution in [0.25, 0.3) is 21.9 Å². The first-order valence-corrected chi connectivity index (χ1v) is 7.28. The number of hydrogen-bond donors (Lipinski definition) is 0. The van der Waals surface area contributed by atoms with Gasteiger partial charge in [0.1, 0.15) is 22.6 Å². The summed E-state index contributed by atoms with van der Waals surface area (Å²) in [7, 11) is 1.65. The van der Waals surface area contributed by atoms with Gasteiger partial charge in [0.2, 0.25) is 0 Å². The van der Waals surface area contributed by atoms with Gasteiger partial charge in [-0.3, -0.25) is 9.98 Å². The second kappa shape index (κ2) is 5.57. The van der Waals surface area contributed by atoms with Crippen molar-refractivity contribution in [3.05, 3.63) is 66.5 Å². The van der Waals surface area contributed by atoms with Crippen LogP contribution in [0, 0.1) is 0 Å². The molecule has 0 saturated carbocycles. The van der Waals surface area contributed by atoms with Crippen LogP contribution in [-0.2, 0) is 0 Å². The van der Waals surface area contributed by atoms with Crippen molar-refractivity contribution in [1.82, 2.24) is 4.98 Å². The van der Waals surface area contributed by atoms with Crippen molar-refractivity contribution >= 4 is 33.8 Å². The van der Waals surface area contributed by atoms with E-state index in [-0.39, 0.29) is 0 Å². The van der Waals surface area contributed by atoms with E-state index in [4.69, 9.17) is 9.15 Å². The Morgan fingerprint density at radius 2 is 1.96 bits per heavy atom. The zero-order valence-electron chi connectivity index (χ0n) is 12.6. The van der Waals surface area contributed by atoms with Crippen LogP contribution in [0.15, 0.2) is 70.3 Å². The maximum atomic E-state index is 5.90. The molecule has 0 unspecified atom stereocenters. The SMILES string of the molecule is COc1cc2c(cc1N=Cc1cccnc1)oc1ccccc12. The molecule has 0 aliphatic carbocycles. The molecule has 112 valence electrons. The van der Waals surface area contributed by atoms with E-state index in [1.54, 1.807) is 25.7 Å². The number of ether oxygens (including phenoxy) is 1. The van der Waals surface area contributed by atoms with Crippen LogP contribution in [0.2, 0.25) is 0 Å². The Hall–Kier alpha value is -3.14. The van der Waals surface area contributed by atoms with E-state index in [0.717, 1.165) is 33.2 Å². The molecule has 2 heterocycles. The Kier molecular flexibility index (Phi) is 3.27. The second-order valence-corrected chi connectivity index (χ2v) is 5.16. The summed E-state index contributed by atoms with van der Waals surface area (Å²) in [6.07, 6.45) is 5.26. The van der Waals surface area contributed by atoms with Crippen LogP contribution in [0.3, 0.4) is 0 Å². The van der Waals surface area contributed by atoms with Crippen LogP contribution in [-0.4, -0.2) is 18.3 Å². The lowest BCUT2D eigenvalue weighted by Gasteiger charge is -2.04. The normalized spacial score (nSPS) is 11.5. The Morgan fingerprint density at radius 1 is 1.04 bits per heavy atom. The van der Waals surface area contributed by atoms with Gasteiger partial charge in [0.05, 0.1) is 7.11 Å². The van der Waals surface area contributed by atoms with Crippen LogP contribution in [0.1, 0.15) is 5.56 Å². The highest BCUT2D eigenvalue weighted by atomic mass is 16.5. The highest BCUT2D eigenvalue weighted by molar-refractivity contribution is 6.06. The monoisotopic (exact) mass is 302 g/mol. The van der Waals surface area contributed by atoms with Crippen molar-refractivity contribution in [1.29, 1.82) is 0 Å². The number of aromatic nitrogens is 1. The fourth-order valence-corrected chi connectivity index (χ4v) is 2.60. The van der Waals surface area contributed by atoms with Crippen LogP contribution < -0.4 is 4.74 Å². The van der Waals surface area contributed by atoms with Crippen molar-refractivity contribution in [2.75, 3.05) is 7.11 Å². The third-order valence-electron chi connectivity index (χ3n) is 3.72. The second-order valence-electron chi connectivity index (χ2n) is 5.16. The third kappa shape index (κ3) is 2.44. The lowest BCUT2D eigenvalue weighted by atomic mass is 10.1. The molecule has 0 aliphatic heterocycles. The molecule has 0 saturated heterocycles. The Balaban J connectivity index is 1.86. The quantitative estimate of drug-likeness (QED) is 0.513. The fourth-order valence-electron chi connectivity index (χ4n) is 2.60. The highest BCUT2D eigenvalue weighted by Crippen LogP contribution is 2.37.